The summed E-state index contributed by atoms with van der Waals surface area (Å²) in [4.78, 5) is 16.4. The standard InChI is InChI=1S/C16H18N2O4/c1-7-14(18-5-6-18)16(21)13-11(15(7)20)9-3-4-10(12(9)17-13)22-8(2)19/h10,17,20-21H,3-6H2,1-2H3. The number of phenolic OH excluding ortho intramolecular Hbond substituents is 2. The minimum atomic E-state index is -0.330. The van der Waals surface area contributed by atoms with Gasteiger partial charge in [-0.15, -0.1) is 0 Å². The van der Waals surface area contributed by atoms with Crippen molar-refractivity contribution >= 4 is 22.6 Å². The van der Waals surface area contributed by atoms with Gasteiger partial charge < -0.3 is 24.8 Å². The van der Waals surface area contributed by atoms with E-state index in [1.54, 1.807) is 0 Å². The van der Waals surface area contributed by atoms with Crippen LogP contribution >= 0.6 is 0 Å². The number of fused-ring (bicyclic) bond motifs is 3. The van der Waals surface area contributed by atoms with Crippen LogP contribution in [0, 0.1) is 6.92 Å². The molecule has 2 aromatic rings. The first-order valence-electron chi connectivity index (χ1n) is 7.50. The fraction of sp³-hybridized carbons (Fsp3) is 0.438. The van der Waals surface area contributed by atoms with E-state index in [0.717, 1.165) is 24.3 Å². The van der Waals surface area contributed by atoms with Crippen molar-refractivity contribution in [2.24, 2.45) is 0 Å². The summed E-state index contributed by atoms with van der Waals surface area (Å²) in [6, 6.07) is 0. The predicted octanol–water partition coefficient (Wildman–Crippen LogP) is 2.26. The van der Waals surface area contributed by atoms with E-state index in [1.165, 1.54) is 6.92 Å². The second kappa shape index (κ2) is 4.32. The van der Waals surface area contributed by atoms with E-state index in [1.807, 2.05) is 11.8 Å². The molecule has 1 aromatic carbocycles. The van der Waals surface area contributed by atoms with Crippen LogP contribution in [0.1, 0.15) is 36.3 Å². The molecule has 1 saturated heterocycles. The molecule has 0 amide bonds. The van der Waals surface area contributed by atoms with Crippen molar-refractivity contribution in [3.8, 4) is 11.5 Å². The topological polar surface area (TPSA) is 85.6 Å². The van der Waals surface area contributed by atoms with Crippen molar-refractivity contribution < 1.29 is 19.7 Å². The highest BCUT2D eigenvalue weighted by molar-refractivity contribution is 6.01. The molecule has 2 aliphatic rings. The second-order valence-electron chi connectivity index (χ2n) is 6.06. The first-order valence-corrected chi connectivity index (χ1v) is 7.50. The first kappa shape index (κ1) is 13.3. The Kier molecular flexibility index (Phi) is 2.61. The van der Waals surface area contributed by atoms with Crippen LogP contribution in [0.2, 0.25) is 0 Å². The SMILES string of the molecule is CC(=O)OC1CCc2c1[nH]c1c(O)c(N3CC3)c(C)c(O)c21. The molecule has 1 aromatic heterocycles. The fourth-order valence-electron chi connectivity index (χ4n) is 3.53. The van der Waals surface area contributed by atoms with Gasteiger partial charge in [0.2, 0.25) is 0 Å². The fourth-order valence-corrected chi connectivity index (χ4v) is 3.53. The molecule has 2 heterocycles. The van der Waals surface area contributed by atoms with Crippen molar-refractivity contribution in [3.63, 3.8) is 0 Å². The number of hydrogen-bond donors (Lipinski definition) is 3. The van der Waals surface area contributed by atoms with Gasteiger partial charge in [-0.3, -0.25) is 4.79 Å². The number of nitrogens with one attached hydrogen (secondary N) is 1. The van der Waals surface area contributed by atoms with E-state index in [-0.39, 0.29) is 23.6 Å². The number of benzene rings is 1. The molecule has 116 valence electrons. The zero-order valence-corrected chi connectivity index (χ0v) is 12.6. The molecule has 0 saturated carbocycles. The van der Waals surface area contributed by atoms with Crippen LogP contribution in [0.5, 0.6) is 11.5 Å². The Morgan fingerprint density at radius 3 is 2.68 bits per heavy atom. The number of ether oxygens (including phenoxy) is 1. The summed E-state index contributed by atoms with van der Waals surface area (Å²) in [5.41, 5.74) is 3.65. The van der Waals surface area contributed by atoms with Gasteiger partial charge in [0.05, 0.1) is 16.9 Å². The number of phenols is 2. The Morgan fingerprint density at radius 1 is 1.32 bits per heavy atom. The summed E-state index contributed by atoms with van der Waals surface area (Å²) in [7, 11) is 0. The molecule has 1 unspecified atom stereocenters. The smallest absolute Gasteiger partial charge is 0.303 e. The number of anilines is 1. The van der Waals surface area contributed by atoms with Crippen LogP contribution < -0.4 is 4.90 Å². The van der Waals surface area contributed by atoms with Gasteiger partial charge in [-0.25, -0.2) is 0 Å². The molecule has 0 radical (unpaired) electrons. The number of carbonyl (C=O) groups excluding carboxylic acids is 1. The van der Waals surface area contributed by atoms with E-state index >= 15 is 0 Å². The number of aryl methyl sites for hydroxylation is 1. The van der Waals surface area contributed by atoms with Crippen LogP contribution in [0.15, 0.2) is 0 Å². The third-order valence-electron chi connectivity index (χ3n) is 4.60. The average molecular weight is 302 g/mol. The van der Waals surface area contributed by atoms with Crippen LogP contribution in [0.3, 0.4) is 0 Å². The number of carbonyl (C=O) groups is 1. The van der Waals surface area contributed by atoms with E-state index in [4.69, 9.17) is 4.74 Å². The molecule has 0 bridgehead atoms. The van der Waals surface area contributed by atoms with E-state index in [9.17, 15) is 15.0 Å². The zero-order chi connectivity index (χ0) is 15.6. The number of rotatable bonds is 2. The molecule has 1 aliphatic heterocycles. The van der Waals surface area contributed by atoms with Crippen molar-refractivity contribution in [1.29, 1.82) is 0 Å². The summed E-state index contributed by atoms with van der Waals surface area (Å²) < 4.78 is 5.32. The van der Waals surface area contributed by atoms with Crippen molar-refractivity contribution in [1.82, 2.24) is 4.98 Å². The van der Waals surface area contributed by atoms with Gasteiger partial charge in [0.15, 0.2) is 5.75 Å². The summed E-state index contributed by atoms with van der Waals surface area (Å²) in [5.74, 6) is 0.0420. The maximum absolute atomic E-state index is 11.2. The Morgan fingerprint density at radius 2 is 2.05 bits per heavy atom. The zero-order valence-electron chi connectivity index (χ0n) is 12.6. The highest BCUT2D eigenvalue weighted by Crippen LogP contribution is 2.50. The lowest BCUT2D eigenvalue weighted by molar-refractivity contribution is -0.146. The van der Waals surface area contributed by atoms with Crippen LogP contribution in [-0.2, 0) is 16.0 Å². The van der Waals surface area contributed by atoms with Crippen molar-refractivity contribution in [2.45, 2.75) is 32.8 Å². The number of esters is 1. The highest BCUT2D eigenvalue weighted by atomic mass is 16.5. The van der Waals surface area contributed by atoms with Gasteiger partial charge in [-0.1, -0.05) is 0 Å². The van der Waals surface area contributed by atoms with Gasteiger partial charge in [0.25, 0.3) is 0 Å². The Balaban J connectivity index is 1.94. The number of aromatic amines is 1. The number of aromatic hydroxyl groups is 2. The Labute approximate surface area is 127 Å². The second-order valence-corrected chi connectivity index (χ2v) is 6.06. The number of hydrogen-bond acceptors (Lipinski definition) is 5. The lowest BCUT2D eigenvalue weighted by Crippen LogP contribution is -2.05. The third kappa shape index (κ3) is 1.70. The van der Waals surface area contributed by atoms with E-state index in [2.05, 4.69) is 4.98 Å². The predicted molar refractivity (Wildman–Crippen MR) is 81.4 cm³/mol. The Bertz CT molecular complexity index is 805. The molecule has 22 heavy (non-hydrogen) atoms. The summed E-state index contributed by atoms with van der Waals surface area (Å²) in [5, 5.41) is 21.9. The Hall–Kier alpha value is -2.37. The van der Waals surface area contributed by atoms with Gasteiger partial charge in [0.1, 0.15) is 11.9 Å². The molecule has 4 rings (SSSR count). The van der Waals surface area contributed by atoms with Gasteiger partial charge in [-0.2, -0.15) is 0 Å². The summed E-state index contributed by atoms with van der Waals surface area (Å²) in [6.45, 7) is 4.98. The van der Waals surface area contributed by atoms with E-state index in [0.29, 0.717) is 35.0 Å². The largest absolute Gasteiger partial charge is 0.507 e. The minimum Gasteiger partial charge on any atom is -0.507 e. The summed E-state index contributed by atoms with van der Waals surface area (Å²) in [6.07, 6.45) is 1.08. The van der Waals surface area contributed by atoms with Crippen LogP contribution in [0.4, 0.5) is 5.69 Å². The highest BCUT2D eigenvalue weighted by Gasteiger charge is 2.34. The number of aromatic nitrogens is 1. The molecule has 0 spiro atoms. The van der Waals surface area contributed by atoms with Crippen LogP contribution in [0.25, 0.3) is 10.9 Å². The van der Waals surface area contributed by atoms with Crippen molar-refractivity contribution in [3.05, 3.63) is 16.8 Å². The lowest BCUT2D eigenvalue weighted by Gasteiger charge is -2.14. The van der Waals surface area contributed by atoms with Gasteiger partial charge in [0, 0.05) is 31.0 Å². The monoisotopic (exact) mass is 302 g/mol. The average Bonchev–Trinajstić information content (AvgIpc) is 3.09. The van der Waals surface area contributed by atoms with Crippen LogP contribution in [-0.4, -0.2) is 34.3 Å². The molecule has 1 atom stereocenters. The summed E-state index contributed by atoms with van der Waals surface area (Å²) >= 11 is 0. The molecule has 6 heteroatoms. The first-order chi connectivity index (χ1) is 10.5. The maximum Gasteiger partial charge on any atom is 0.303 e. The quantitative estimate of drug-likeness (QED) is 0.450. The molecule has 6 nitrogen and oxygen atoms in total. The molecular weight excluding hydrogens is 284 g/mol. The normalized spacial score (nSPS) is 19.5. The molecular formula is C16H18N2O4. The van der Waals surface area contributed by atoms with Gasteiger partial charge >= 0.3 is 5.97 Å². The maximum atomic E-state index is 11.2. The number of nitrogens with zero attached hydrogens (tertiary/aromatic N) is 1. The molecule has 3 N–H and O–H groups in total. The number of H-pyrrole nitrogens is 1. The van der Waals surface area contributed by atoms with Crippen molar-refractivity contribution in [2.75, 3.05) is 18.0 Å². The third-order valence-corrected chi connectivity index (χ3v) is 4.60. The van der Waals surface area contributed by atoms with Gasteiger partial charge in [-0.05, 0) is 25.3 Å². The molecule has 1 fully saturated rings. The minimum absolute atomic E-state index is 0.166. The molecule has 1 aliphatic carbocycles. The lowest BCUT2D eigenvalue weighted by atomic mass is 10.0. The van der Waals surface area contributed by atoms with E-state index < -0.39 is 0 Å².